The molecule has 1 saturated carbocycles. The number of nitrogens with zero attached hydrogens (tertiary/aromatic N) is 2. The molecule has 1 aliphatic heterocycles. The quantitative estimate of drug-likeness (QED) is 0.479. The normalized spacial score (nSPS) is 21.0. The maximum atomic E-state index is 9.51. The Hall–Kier alpha value is -1.78. The van der Waals surface area contributed by atoms with Crippen LogP contribution < -0.4 is 5.49 Å². The van der Waals surface area contributed by atoms with Gasteiger partial charge >= 0.3 is 0 Å². The highest BCUT2D eigenvalue weighted by Crippen LogP contribution is 2.48. The molecule has 3 rings (SSSR count). The highest BCUT2D eigenvalue weighted by atomic mass is 16.3. The van der Waals surface area contributed by atoms with Gasteiger partial charge in [0.1, 0.15) is 11.2 Å². The van der Waals surface area contributed by atoms with Crippen molar-refractivity contribution < 1.29 is 5.11 Å². The van der Waals surface area contributed by atoms with E-state index >= 15 is 0 Å². The summed E-state index contributed by atoms with van der Waals surface area (Å²) in [5.41, 5.74) is 0.416. The van der Waals surface area contributed by atoms with Crippen LogP contribution in [0.1, 0.15) is 32.1 Å². The zero-order valence-electron chi connectivity index (χ0n) is 10.3. The Morgan fingerprint density at radius 1 is 1.22 bits per heavy atom. The van der Waals surface area contributed by atoms with Gasteiger partial charge in [-0.05, 0) is 44.2 Å². The minimum Gasteiger partial charge on any atom is -0.506 e. The molecule has 1 aromatic rings. The predicted octanol–water partition coefficient (Wildman–Crippen LogP) is 1.47. The molecule has 1 spiro atoms. The average Bonchev–Trinajstić information content (AvgIpc) is 3.12. The van der Waals surface area contributed by atoms with E-state index in [-0.39, 0.29) is 16.8 Å². The van der Waals surface area contributed by atoms with Gasteiger partial charge in [0.05, 0.1) is 6.20 Å². The molecule has 1 aliphatic carbocycles. The number of pyridine rings is 1. The largest absolute Gasteiger partial charge is 0.506 e. The third kappa shape index (κ3) is 1.70. The van der Waals surface area contributed by atoms with Crippen LogP contribution in [0, 0.1) is 10.8 Å². The zero-order valence-corrected chi connectivity index (χ0v) is 10.3. The fourth-order valence-corrected chi connectivity index (χ4v) is 2.89. The second-order valence-electron chi connectivity index (χ2n) is 5.30. The van der Waals surface area contributed by atoms with E-state index in [2.05, 4.69) is 4.90 Å². The van der Waals surface area contributed by atoms with Crippen LogP contribution in [0.15, 0.2) is 18.3 Å². The number of aromatic hydroxyl groups is 1. The molecule has 2 fully saturated rings. The van der Waals surface area contributed by atoms with Gasteiger partial charge in [0, 0.05) is 12.1 Å². The molecule has 5 nitrogen and oxygen atoms in total. The lowest BCUT2D eigenvalue weighted by Gasteiger charge is -2.38. The van der Waals surface area contributed by atoms with Gasteiger partial charge in [-0.25, -0.2) is 0 Å². The number of piperidine rings is 1. The highest BCUT2D eigenvalue weighted by Gasteiger charge is 2.50. The van der Waals surface area contributed by atoms with Crippen molar-refractivity contribution in [2.24, 2.45) is 0 Å². The van der Waals surface area contributed by atoms with Crippen molar-refractivity contribution in [1.82, 2.24) is 9.47 Å². The van der Waals surface area contributed by atoms with E-state index in [0.717, 1.165) is 32.2 Å². The van der Waals surface area contributed by atoms with E-state index in [0.29, 0.717) is 5.96 Å². The summed E-state index contributed by atoms with van der Waals surface area (Å²) in [5, 5.41) is 25.7. The van der Waals surface area contributed by atoms with Gasteiger partial charge < -0.3 is 10.0 Å². The molecule has 0 amide bonds. The Bertz CT molecular complexity index is 544. The summed E-state index contributed by atoms with van der Waals surface area (Å²) in [6, 6.07) is 3.00. The number of rotatable bonds is 0. The lowest BCUT2D eigenvalue weighted by Crippen LogP contribution is -2.49. The highest BCUT2D eigenvalue weighted by molar-refractivity contribution is 5.80. The van der Waals surface area contributed by atoms with Gasteiger partial charge in [-0.15, -0.1) is 0 Å². The second-order valence-corrected chi connectivity index (χ2v) is 5.30. The second kappa shape index (κ2) is 3.86. The molecule has 96 valence electrons. The van der Waals surface area contributed by atoms with Crippen molar-refractivity contribution in [3.63, 3.8) is 0 Å². The molecular formula is C13H18N4O. The monoisotopic (exact) mass is 246 g/mol. The third-order valence-electron chi connectivity index (χ3n) is 4.09. The number of likely N-dealkylation sites (tertiary alicyclic amines) is 1. The molecular weight excluding hydrogens is 228 g/mol. The Morgan fingerprint density at radius 2 is 2.00 bits per heavy atom. The molecule has 18 heavy (non-hydrogen) atoms. The molecule has 3 N–H and O–H groups in total. The number of aromatic nitrogens is 1. The van der Waals surface area contributed by atoms with Crippen LogP contribution in [0.25, 0.3) is 0 Å². The molecule has 1 aromatic heterocycles. The predicted molar refractivity (Wildman–Crippen MR) is 67.6 cm³/mol. The van der Waals surface area contributed by atoms with Gasteiger partial charge in [0.15, 0.2) is 0 Å². The summed E-state index contributed by atoms with van der Waals surface area (Å²) in [5.74, 6) is 0.422. The van der Waals surface area contributed by atoms with E-state index < -0.39 is 0 Å². The molecule has 2 heterocycles. The van der Waals surface area contributed by atoms with Crippen molar-refractivity contribution in [2.75, 3.05) is 6.54 Å². The summed E-state index contributed by atoms with van der Waals surface area (Å²) in [7, 11) is 0. The smallest absolute Gasteiger partial charge is 0.204 e. The Kier molecular flexibility index (Phi) is 2.43. The van der Waals surface area contributed by atoms with Gasteiger partial charge in [-0.3, -0.25) is 15.4 Å². The maximum absolute atomic E-state index is 9.51. The Balaban J connectivity index is 1.94. The van der Waals surface area contributed by atoms with Gasteiger partial charge in [0.2, 0.25) is 5.96 Å². The fraction of sp³-hybridized carbons (Fsp3) is 0.538. The number of hydrogen-bond donors (Lipinski definition) is 3. The molecule has 0 unspecified atom stereocenters. The van der Waals surface area contributed by atoms with E-state index in [1.54, 1.807) is 0 Å². The molecule has 2 aliphatic rings. The molecule has 0 bridgehead atoms. The maximum Gasteiger partial charge on any atom is 0.204 e. The summed E-state index contributed by atoms with van der Waals surface area (Å²) in [6.07, 6.45) is 7.26. The fourth-order valence-electron chi connectivity index (χ4n) is 2.89. The van der Waals surface area contributed by atoms with Gasteiger partial charge in [0.25, 0.3) is 0 Å². The molecule has 1 saturated heterocycles. The van der Waals surface area contributed by atoms with Crippen LogP contribution in [0.2, 0.25) is 0 Å². The summed E-state index contributed by atoms with van der Waals surface area (Å²) >= 11 is 0. The van der Waals surface area contributed by atoms with E-state index in [9.17, 15) is 5.11 Å². The van der Waals surface area contributed by atoms with Gasteiger partial charge in [-0.2, -0.15) is 0 Å². The average molecular weight is 246 g/mol. The minimum atomic E-state index is 0.0950. The molecule has 5 heteroatoms. The first-order valence-corrected chi connectivity index (χ1v) is 6.45. The van der Waals surface area contributed by atoms with Crippen LogP contribution in [0.4, 0.5) is 0 Å². The lowest BCUT2D eigenvalue weighted by molar-refractivity contribution is 0.213. The summed E-state index contributed by atoms with van der Waals surface area (Å²) in [4.78, 5) is 2.12. The van der Waals surface area contributed by atoms with Crippen LogP contribution in [-0.2, 0) is 0 Å². The summed E-state index contributed by atoms with van der Waals surface area (Å²) < 4.78 is 1.46. The molecule has 0 aromatic carbocycles. The van der Waals surface area contributed by atoms with Gasteiger partial charge in [-0.1, -0.05) is 0 Å². The standard InChI is InChI=1S/C13H18N4O/c14-11-4-3-10(18)9-16(11)12(15)17-8-2-1-5-13(17)6-7-13/h3-4,9,14-15,18H,1-2,5-8H2. The number of hydrogen-bond acceptors (Lipinski definition) is 3. The minimum absolute atomic E-state index is 0.0950. The van der Waals surface area contributed by atoms with Crippen LogP contribution in [0.5, 0.6) is 5.75 Å². The van der Waals surface area contributed by atoms with Crippen molar-refractivity contribution in [3.05, 3.63) is 23.8 Å². The lowest BCUT2D eigenvalue weighted by atomic mass is 10.0. The topological polar surface area (TPSA) is 76.1 Å². The van der Waals surface area contributed by atoms with Crippen molar-refractivity contribution in [2.45, 2.75) is 37.6 Å². The van der Waals surface area contributed by atoms with E-state index in [4.69, 9.17) is 10.8 Å². The Labute approximate surface area is 106 Å². The first-order chi connectivity index (χ1) is 8.62. The van der Waals surface area contributed by atoms with Crippen LogP contribution >= 0.6 is 0 Å². The van der Waals surface area contributed by atoms with E-state index in [1.807, 2.05) is 0 Å². The molecule has 0 atom stereocenters. The SMILES string of the molecule is N=C(N1CCCCC12CC2)n1cc(O)ccc1=N. The third-order valence-corrected chi connectivity index (χ3v) is 4.09. The van der Waals surface area contributed by atoms with Crippen molar-refractivity contribution in [1.29, 1.82) is 10.8 Å². The van der Waals surface area contributed by atoms with E-state index in [1.165, 1.54) is 29.3 Å². The number of nitrogens with one attached hydrogen (secondary N) is 2. The zero-order chi connectivity index (χ0) is 12.8. The van der Waals surface area contributed by atoms with Crippen molar-refractivity contribution in [3.8, 4) is 5.75 Å². The van der Waals surface area contributed by atoms with Crippen LogP contribution in [-0.4, -0.2) is 32.6 Å². The first-order valence-electron chi connectivity index (χ1n) is 6.45. The Morgan fingerprint density at radius 3 is 2.72 bits per heavy atom. The van der Waals surface area contributed by atoms with Crippen molar-refractivity contribution >= 4 is 5.96 Å². The first kappa shape index (κ1) is 11.3. The molecule has 0 radical (unpaired) electrons. The summed E-state index contributed by atoms with van der Waals surface area (Å²) in [6.45, 7) is 0.890. The van der Waals surface area contributed by atoms with Crippen LogP contribution in [0.3, 0.4) is 0 Å².